The molecule has 1 aromatic carbocycles. The number of carbonyl (C=O) groups is 3. The van der Waals surface area contributed by atoms with E-state index in [-0.39, 0.29) is 12.2 Å². The van der Waals surface area contributed by atoms with E-state index in [1.807, 2.05) is 13.8 Å². The van der Waals surface area contributed by atoms with E-state index in [0.29, 0.717) is 18.7 Å². The second-order valence-electron chi connectivity index (χ2n) is 5.68. The van der Waals surface area contributed by atoms with Gasteiger partial charge in [0.05, 0.1) is 6.61 Å². The van der Waals surface area contributed by atoms with E-state index in [1.165, 1.54) is 0 Å². The number of nitrogens with one attached hydrogen (secondary N) is 2. The molecule has 1 aliphatic rings. The SMILES string of the molecule is C=C(Nc1ccc(OCC)cc1)[C@@H]1C(=O)NC(=O)N(CCCC)C1=O. The van der Waals surface area contributed by atoms with Crippen LogP contribution in [0.2, 0.25) is 0 Å². The molecule has 0 bridgehead atoms. The minimum absolute atomic E-state index is 0.223. The Morgan fingerprint density at radius 3 is 2.52 bits per heavy atom. The highest BCUT2D eigenvalue weighted by Crippen LogP contribution is 2.22. The molecular weight excluding hydrogens is 322 g/mol. The second kappa shape index (κ2) is 8.32. The van der Waals surface area contributed by atoms with Gasteiger partial charge in [-0.3, -0.25) is 19.8 Å². The van der Waals surface area contributed by atoms with Crippen LogP contribution in [0, 0.1) is 5.92 Å². The molecule has 1 saturated heterocycles. The van der Waals surface area contributed by atoms with Crippen molar-refractivity contribution < 1.29 is 19.1 Å². The molecule has 7 nitrogen and oxygen atoms in total. The van der Waals surface area contributed by atoms with Crippen molar-refractivity contribution in [2.75, 3.05) is 18.5 Å². The van der Waals surface area contributed by atoms with Crippen LogP contribution in [0.3, 0.4) is 0 Å². The fraction of sp³-hybridized carbons (Fsp3) is 0.389. The third-order valence-electron chi connectivity index (χ3n) is 3.80. The zero-order chi connectivity index (χ0) is 18.4. The van der Waals surface area contributed by atoms with Gasteiger partial charge in [0, 0.05) is 17.9 Å². The van der Waals surface area contributed by atoms with Crippen molar-refractivity contribution in [3.63, 3.8) is 0 Å². The van der Waals surface area contributed by atoms with Gasteiger partial charge in [-0.15, -0.1) is 0 Å². The van der Waals surface area contributed by atoms with Crippen LogP contribution in [0.15, 0.2) is 36.5 Å². The molecule has 1 aromatic rings. The summed E-state index contributed by atoms with van der Waals surface area (Å²) < 4.78 is 5.37. The Kier molecular flexibility index (Phi) is 6.16. The summed E-state index contributed by atoms with van der Waals surface area (Å²) in [7, 11) is 0. The number of imide groups is 2. The van der Waals surface area contributed by atoms with Crippen molar-refractivity contribution in [3.8, 4) is 5.75 Å². The second-order valence-corrected chi connectivity index (χ2v) is 5.68. The lowest BCUT2D eigenvalue weighted by Gasteiger charge is -2.31. The van der Waals surface area contributed by atoms with Gasteiger partial charge in [-0.2, -0.15) is 0 Å². The molecule has 0 saturated carbocycles. The van der Waals surface area contributed by atoms with Gasteiger partial charge in [-0.25, -0.2) is 4.79 Å². The first-order valence-corrected chi connectivity index (χ1v) is 8.32. The van der Waals surface area contributed by atoms with E-state index in [2.05, 4.69) is 17.2 Å². The Morgan fingerprint density at radius 2 is 1.92 bits per heavy atom. The Labute approximate surface area is 147 Å². The van der Waals surface area contributed by atoms with Crippen LogP contribution in [0.1, 0.15) is 26.7 Å². The minimum Gasteiger partial charge on any atom is -0.494 e. The van der Waals surface area contributed by atoms with E-state index in [4.69, 9.17) is 4.74 Å². The maximum absolute atomic E-state index is 12.5. The summed E-state index contributed by atoms with van der Waals surface area (Å²) in [5.74, 6) is -1.63. The Balaban J connectivity index is 2.09. The number of amides is 4. The Bertz CT molecular complexity index is 669. The number of carbonyl (C=O) groups excluding carboxylic acids is 3. The fourth-order valence-corrected chi connectivity index (χ4v) is 2.51. The summed E-state index contributed by atoms with van der Waals surface area (Å²) in [6.45, 7) is 8.51. The van der Waals surface area contributed by atoms with E-state index in [9.17, 15) is 14.4 Å². The van der Waals surface area contributed by atoms with Gasteiger partial charge in [-0.05, 0) is 37.6 Å². The predicted molar refractivity (Wildman–Crippen MR) is 94.0 cm³/mol. The summed E-state index contributed by atoms with van der Waals surface area (Å²) in [6.07, 6.45) is 1.51. The van der Waals surface area contributed by atoms with Crippen LogP contribution in [0.25, 0.3) is 0 Å². The number of benzene rings is 1. The molecule has 1 aliphatic heterocycles. The van der Waals surface area contributed by atoms with Crippen molar-refractivity contribution in [1.29, 1.82) is 0 Å². The van der Waals surface area contributed by atoms with Gasteiger partial charge in [0.2, 0.25) is 11.8 Å². The first-order valence-electron chi connectivity index (χ1n) is 8.32. The molecule has 2 N–H and O–H groups in total. The minimum atomic E-state index is -1.14. The van der Waals surface area contributed by atoms with Crippen molar-refractivity contribution in [3.05, 3.63) is 36.5 Å². The van der Waals surface area contributed by atoms with Gasteiger partial charge < -0.3 is 10.1 Å². The number of hydrogen-bond acceptors (Lipinski definition) is 5. The molecule has 4 amide bonds. The summed E-state index contributed by atoms with van der Waals surface area (Å²) in [6, 6.07) is 6.41. The van der Waals surface area contributed by atoms with Crippen LogP contribution >= 0.6 is 0 Å². The van der Waals surface area contributed by atoms with Crippen molar-refractivity contribution >= 4 is 23.5 Å². The molecule has 25 heavy (non-hydrogen) atoms. The third-order valence-corrected chi connectivity index (χ3v) is 3.80. The number of barbiturate groups is 1. The summed E-state index contributed by atoms with van der Waals surface area (Å²) in [4.78, 5) is 37.6. The number of urea groups is 1. The third kappa shape index (κ3) is 4.37. The average molecular weight is 345 g/mol. The Morgan fingerprint density at radius 1 is 1.24 bits per heavy atom. The van der Waals surface area contributed by atoms with E-state index >= 15 is 0 Å². The van der Waals surface area contributed by atoms with Crippen LogP contribution in [-0.2, 0) is 9.59 Å². The first-order chi connectivity index (χ1) is 12.0. The molecule has 2 rings (SSSR count). The summed E-state index contributed by atoms with van der Waals surface area (Å²) >= 11 is 0. The molecule has 0 radical (unpaired) electrons. The lowest BCUT2D eigenvalue weighted by Crippen LogP contribution is -2.58. The molecular formula is C18H23N3O4. The standard InChI is InChI=1S/C18H23N3O4/c1-4-6-11-21-17(23)15(16(22)20-18(21)24)12(3)19-13-7-9-14(10-8-13)25-5-2/h7-10,15,19H,3-6,11H2,1-2H3,(H,20,22,24)/t15-/m1/s1. The van der Waals surface area contributed by atoms with E-state index in [0.717, 1.165) is 17.1 Å². The predicted octanol–water partition coefficient (Wildman–Crippen LogP) is 2.51. The normalized spacial score (nSPS) is 17.3. The van der Waals surface area contributed by atoms with Gasteiger partial charge in [0.15, 0.2) is 5.92 Å². The summed E-state index contributed by atoms with van der Waals surface area (Å²) in [5.41, 5.74) is 0.895. The van der Waals surface area contributed by atoms with Gasteiger partial charge in [-0.1, -0.05) is 19.9 Å². The van der Waals surface area contributed by atoms with E-state index in [1.54, 1.807) is 24.3 Å². The summed E-state index contributed by atoms with van der Waals surface area (Å²) in [5, 5.41) is 5.18. The number of unbranched alkanes of at least 4 members (excludes halogenated alkanes) is 1. The molecule has 0 aliphatic carbocycles. The zero-order valence-electron chi connectivity index (χ0n) is 14.5. The number of ether oxygens (including phenoxy) is 1. The van der Waals surface area contributed by atoms with Gasteiger partial charge in [0.25, 0.3) is 0 Å². The number of hydrogen-bond donors (Lipinski definition) is 2. The molecule has 7 heteroatoms. The molecule has 0 unspecified atom stereocenters. The lowest BCUT2D eigenvalue weighted by atomic mass is 10.0. The molecule has 0 spiro atoms. The number of rotatable bonds is 8. The highest BCUT2D eigenvalue weighted by atomic mass is 16.5. The zero-order valence-corrected chi connectivity index (χ0v) is 14.5. The van der Waals surface area contributed by atoms with Gasteiger partial charge >= 0.3 is 6.03 Å². The monoisotopic (exact) mass is 345 g/mol. The quantitative estimate of drug-likeness (QED) is 0.707. The molecule has 134 valence electrons. The highest BCUT2D eigenvalue weighted by molar-refractivity contribution is 6.17. The maximum atomic E-state index is 12.5. The molecule has 1 fully saturated rings. The van der Waals surface area contributed by atoms with Crippen LogP contribution in [-0.4, -0.2) is 35.9 Å². The lowest BCUT2D eigenvalue weighted by molar-refractivity contribution is -0.140. The first kappa shape index (κ1) is 18.5. The molecule has 1 atom stereocenters. The number of anilines is 1. The van der Waals surface area contributed by atoms with Crippen LogP contribution in [0.5, 0.6) is 5.75 Å². The molecule has 0 aromatic heterocycles. The van der Waals surface area contributed by atoms with Crippen LogP contribution in [0.4, 0.5) is 10.5 Å². The van der Waals surface area contributed by atoms with Crippen molar-refractivity contribution in [2.24, 2.45) is 5.92 Å². The topological polar surface area (TPSA) is 87.7 Å². The van der Waals surface area contributed by atoms with Gasteiger partial charge in [0.1, 0.15) is 5.75 Å². The average Bonchev–Trinajstić information content (AvgIpc) is 2.56. The fourth-order valence-electron chi connectivity index (χ4n) is 2.51. The van der Waals surface area contributed by atoms with E-state index < -0.39 is 23.8 Å². The largest absolute Gasteiger partial charge is 0.494 e. The number of nitrogens with zero attached hydrogens (tertiary/aromatic N) is 1. The molecule has 1 heterocycles. The highest BCUT2D eigenvalue weighted by Gasteiger charge is 2.41. The maximum Gasteiger partial charge on any atom is 0.330 e. The van der Waals surface area contributed by atoms with Crippen molar-refractivity contribution in [1.82, 2.24) is 10.2 Å². The smallest absolute Gasteiger partial charge is 0.330 e. The van der Waals surface area contributed by atoms with Crippen molar-refractivity contribution in [2.45, 2.75) is 26.7 Å². The Hall–Kier alpha value is -2.83. The van der Waals surface area contributed by atoms with Crippen LogP contribution < -0.4 is 15.4 Å².